The Morgan fingerprint density at radius 3 is 2.55 bits per heavy atom. The molecular weight excluding hydrogens is 420 g/mol. The number of hydrogen-bond acceptors (Lipinski definition) is 6. The average Bonchev–Trinajstić information content (AvgIpc) is 3.29. The number of carbonyl (C=O) groups is 1. The maximum Gasteiger partial charge on any atom is 0.271 e. The summed E-state index contributed by atoms with van der Waals surface area (Å²) in [5, 5.41) is 18.3. The Kier molecular flexibility index (Phi) is 5.47. The predicted molar refractivity (Wildman–Crippen MR) is 123 cm³/mol. The number of fused-ring (bicyclic) bond motifs is 1. The van der Waals surface area contributed by atoms with Crippen molar-refractivity contribution in [1.29, 1.82) is 0 Å². The van der Waals surface area contributed by atoms with Gasteiger partial charge >= 0.3 is 0 Å². The van der Waals surface area contributed by atoms with Crippen LogP contribution < -0.4 is 14.9 Å². The van der Waals surface area contributed by atoms with Gasteiger partial charge in [0.25, 0.3) is 5.91 Å². The molecule has 0 fully saturated rings. The van der Waals surface area contributed by atoms with E-state index < -0.39 is 0 Å². The van der Waals surface area contributed by atoms with Gasteiger partial charge in [0, 0.05) is 22.9 Å². The van der Waals surface area contributed by atoms with Crippen LogP contribution in [-0.4, -0.2) is 40.2 Å². The molecular formula is C25H20N4O4. The third-order valence-electron chi connectivity index (χ3n) is 5.08. The third kappa shape index (κ3) is 4.40. The predicted octanol–water partition coefficient (Wildman–Crippen LogP) is 3.78. The van der Waals surface area contributed by atoms with Crippen LogP contribution in [0.15, 0.2) is 84.1 Å². The highest BCUT2D eigenvalue weighted by atomic mass is 16.6. The number of amides is 1. The lowest BCUT2D eigenvalue weighted by Gasteiger charge is -2.18. The van der Waals surface area contributed by atoms with Crippen LogP contribution in [0.3, 0.4) is 0 Å². The number of nitrogens with zero attached hydrogens (tertiary/aromatic N) is 3. The second kappa shape index (κ2) is 8.88. The minimum atomic E-state index is -0.386. The van der Waals surface area contributed by atoms with Gasteiger partial charge < -0.3 is 14.6 Å². The van der Waals surface area contributed by atoms with Crippen molar-refractivity contribution < 1.29 is 19.4 Å². The Labute approximate surface area is 189 Å². The second-order valence-electron chi connectivity index (χ2n) is 7.32. The van der Waals surface area contributed by atoms with Gasteiger partial charge in [0.1, 0.15) is 24.7 Å². The van der Waals surface area contributed by atoms with Crippen molar-refractivity contribution in [2.75, 3.05) is 13.2 Å². The fraction of sp³-hybridized carbons (Fsp3) is 0.0800. The standard InChI is InChI=1S/C25H20N4O4/c30-21-9-6-17(7-10-21)25(31)27-26-15-19-16-29(20-4-2-1-3-5-20)28-24(19)18-8-11-22-23(14-18)33-13-12-32-22/h1-11,14-16,30H,12-13H2,(H,27,31)/b26-15+. The van der Waals surface area contributed by atoms with E-state index in [-0.39, 0.29) is 11.7 Å². The minimum Gasteiger partial charge on any atom is -0.508 e. The van der Waals surface area contributed by atoms with Crippen LogP contribution in [-0.2, 0) is 0 Å². The lowest BCUT2D eigenvalue weighted by atomic mass is 10.1. The number of ether oxygens (including phenoxy) is 2. The molecule has 0 radical (unpaired) electrons. The van der Waals surface area contributed by atoms with Crippen LogP contribution >= 0.6 is 0 Å². The quantitative estimate of drug-likeness (QED) is 0.364. The smallest absolute Gasteiger partial charge is 0.271 e. The number of hydrazone groups is 1. The molecule has 164 valence electrons. The van der Waals surface area contributed by atoms with Crippen molar-refractivity contribution in [3.05, 3.63) is 90.1 Å². The van der Waals surface area contributed by atoms with Crippen molar-refractivity contribution >= 4 is 12.1 Å². The summed E-state index contributed by atoms with van der Waals surface area (Å²) in [6.45, 7) is 1.01. The van der Waals surface area contributed by atoms with Gasteiger partial charge in [0.15, 0.2) is 11.5 Å². The lowest BCUT2D eigenvalue weighted by Crippen LogP contribution is -2.17. The molecule has 3 aromatic carbocycles. The van der Waals surface area contributed by atoms with Crippen LogP contribution in [0.4, 0.5) is 0 Å². The number of aromatic nitrogens is 2. The molecule has 0 bridgehead atoms. The van der Waals surface area contributed by atoms with Crippen LogP contribution in [0, 0.1) is 0 Å². The Hall–Kier alpha value is -4.59. The third-order valence-corrected chi connectivity index (χ3v) is 5.08. The first-order valence-corrected chi connectivity index (χ1v) is 10.3. The molecule has 2 heterocycles. The van der Waals surface area contributed by atoms with Gasteiger partial charge in [-0.15, -0.1) is 0 Å². The number of hydrogen-bond donors (Lipinski definition) is 2. The maximum absolute atomic E-state index is 12.3. The summed E-state index contributed by atoms with van der Waals surface area (Å²) >= 11 is 0. The molecule has 1 aromatic heterocycles. The van der Waals surface area contributed by atoms with E-state index in [0.29, 0.717) is 41.5 Å². The number of aromatic hydroxyl groups is 1. The molecule has 0 spiro atoms. The number of benzene rings is 3. The summed E-state index contributed by atoms with van der Waals surface area (Å²) in [5.41, 5.74) is 6.01. The van der Waals surface area contributed by atoms with Crippen LogP contribution in [0.25, 0.3) is 16.9 Å². The van der Waals surface area contributed by atoms with E-state index in [1.165, 1.54) is 24.3 Å². The van der Waals surface area contributed by atoms with Gasteiger partial charge in [0.2, 0.25) is 0 Å². The van der Waals surface area contributed by atoms with Crippen molar-refractivity contribution in [2.45, 2.75) is 0 Å². The Morgan fingerprint density at radius 2 is 1.76 bits per heavy atom. The molecule has 33 heavy (non-hydrogen) atoms. The maximum atomic E-state index is 12.3. The zero-order chi connectivity index (χ0) is 22.6. The van der Waals surface area contributed by atoms with Crippen molar-refractivity contribution in [2.24, 2.45) is 5.10 Å². The molecule has 4 aromatic rings. The van der Waals surface area contributed by atoms with Gasteiger partial charge in [0.05, 0.1) is 11.9 Å². The summed E-state index contributed by atoms with van der Waals surface area (Å²) < 4.78 is 13.1. The van der Waals surface area contributed by atoms with E-state index in [4.69, 9.17) is 14.6 Å². The number of rotatable bonds is 5. The molecule has 0 saturated carbocycles. The molecule has 8 heteroatoms. The molecule has 0 saturated heterocycles. The van der Waals surface area contributed by atoms with Crippen molar-refractivity contribution in [3.63, 3.8) is 0 Å². The molecule has 2 N–H and O–H groups in total. The monoisotopic (exact) mass is 440 g/mol. The van der Waals surface area contributed by atoms with E-state index in [9.17, 15) is 9.90 Å². The lowest BCUT2D eigenvalue weighted by molar-refractivity contribution is 0.0955. The molecule has 1 amide bonds. The number of carbonyl (C=O) groups excluding carboxylic acids is 1. The van der Waals surface area contributed by atoms with Crippen LogP contribution in [0.2, 0.25) is 0 Å². The molecule has 0 atom stereocenters. The zero-order valence-electron chi connectivity index (χ0n) is 17.5. The summed E-state index contributed by atoms with van der Waals surface area (Å²) in [5.74, 6) is 1.07. The molecule has 0 unspecified atom stereocenters. The molecule has 1 aliphatic rings. The summed E-state index contributed by atoms with van der Waals surface area (Å²) in [7, 11) is 0. The normalized spacial score (nSPS) is 12.6. The van der Waals surface area contributed by atoms with E-state index in [0.717, 1.165) is 11.3 Å². The number of phenols is 1. The summed E-state index contributed by atoms with van der Waals surface area (Å²) in [4.78, 5) is 12.3. The number of phenolic OH excluding ortho intramolecular Hbond substituents is 1. The van der Waals surface area contributed by atoms with Gasteiger partial charge in [-0.05, 0) is 54.6 Å². The first-order chi connectivity index (χ1) is 16.2. The first-order valence-electron chi connectivity index (χ1n) is 10.3. The van der Waals surface area contributed by atoms with E-state index in [1.54, 1.807) is 10.9 Å². The van der Waals surface area contributed by atoms with Gasteiger partial charge in [-0.25, -0.2) is 10.1 Å². The fourth-order valence-electron chi connectivity index (χ4n) is 3.45. The SMILES string of the molecule is O=C(N/N=C/c1cn(-c2ccccc2)nc1-c1ccc2c(c1)OCCO2)c1ccc(O)cc1. The van der Waals surface area contributed by atoms with Gasteiger partial charge in [-0.1, -0.05) is 18.2 Å². The van der Waals surface area contributed by atoms with Crippen molar-refractivity contribution in [1.82, 2.24) is 15.2 Å². The van der Waals surface area contributed by atoms with Gasteiger partial charge in [-0.2, -0.15) is 10.2 Å². The fourth-order valence-corrected chi connectivity index (χ4v) is 3.45. The Balaban J connectivity index is 1.46. The van der Waals surface area contributed by atoms with E-state index >= 15 is 0 Å². The Bertz CT molecular complexity index is 1310. The highest BCUT2D eigenvalue weighted by Gasteiger charge is 2.17. The highest BCUT2D eigenvalue weighted by molar-refractivity contribution is 5.95. The van der Waals surface area contributed by atoms with Gasteiger partial charge in [-0.3, -0.25) is 4.79 Å². The van der Waals surface area contributed by atoms with E-state index in [1.807, 2.05) is 54.7 Å². The molecule has 0 aliphatic carbocycles. The largest absolute Gasteiger partial charge is 0.508 e. The number of nitrogens with one attached hydrogen (secondary N) is 1. The topological polar surface area (TPSA) is 98.0 Å². The minimum absolute atomic E-state index is 0.0902. The molecule has 8 nitrogen and oxygen atoms in total. The number of para-hydroxylation sites is 1. The molecule has 1 aliphatic heterocycles. The first kappa shape index (κ1) is 20.3. The van der Waals surface area contributed by atoms with Crippen LogP contribution in [0.1, 0.15) is 15.9 Å². The summed E-state index contributed by atoms with van der Waals surface area (Å²) in [6.07, 6.45) is 3.40. The van der Waals surface area contributed by atoms with Crippen molar-refractivity contribution in [3.8, 4) is 34.2 Å². The van der Waals surface area contributed by atoms with E-state index in [2.05, 4.69) is 10.5 Å². The van der Waals surface area contributed by atoms with Crippen LogP contribution in [0.5, 0.6) is 17.2 Å². The average molecular weight is 440 g/mol. The summed E-state index contributed by atoms with van der Waals surface area (Å²) in [6, 6.07) is 21.3. The molecule has 5 rings (SSSR count). The second-order valence-corrected chi connectivity index (χ2v) is 7.32. The highest BCUT2D eigenvalue weighted by Crippen LogP contribution is 2.35. The zero-order valence-corrected chi connectivity index (χ0v) is 17.5. The Morgan fingerprint density at radius 1 is 1.00 bits per heavy atom.